The van der Waals surface area contributed by atoms with Crippen molar-refractivity contribution < 1.29 is 4.42 Å². The summed E-state index contributed by atoms with van der Waals surface area (Å²) in [7, 11) is 0. The molecule has 55 heavy (non-hydrogen) atoms. The van der Waals surface area contributed by atoms with Gasteiger partial charge in [-0.15, -0.1) is 0 Å². The number of para-hydroxylation sites is 4. The van der Waals surface area contributed by atoms with E-state index in [0.717, 1.165) is 61.6 Å². The molecule has 0 aliphatic carbocycles. The highest BCUT2D eigenvalue weighted by molar-refractivity contribution is 6.09. The van der Waals surface area contributed by atoms with Gasteiger partial charge in [0.25, 0.3) is 0 Å². The quantitative estimate of drug-likeness (QED) is 0.157. The van der Waals surface area contributed by atoms with E-state index in [-0.39, 0.29) is 0 Å². The Labute approximate surface area is 320 Å². The summed E-state index contributed by atoms with van der Waals surface area (Å²) in [4.78, 5) is 4.69. The fourth-order valence-electron chi connectivity index (χ4n) is 7.91. The Bertz CT molecular complexity index is 2920. The van der Waals surface area contributed by atoms with E-state index in [4.69, 9.17) is 4.42 Å². The Hall–Kier alpha value is -7.36. The van der Waals surface area contributed by atoms with Crippen LogP contribution in [0.25, 0.3) is 55.0 Å². The van der Waals surface area contributed by atoms with Crippen molar-refractivity contribution in [2.45, 2.75) is 0 Å². The van der Waals surface area contributed by atoms with Gasteiger partial charge < -0.3 is 14.2 Å². The van der Waals surface area contributed by atoms with Gasteiger partial charge in [0.05, 0.1) is 11.4 Å². The van der Waals surface area contributed by atoms with Crippen LogP contribution in [0.15, 0.2) is 223 Å². The first-order valence-electron chi connectivity index (χ1n) is 18.7. The summed E-state index contributed by atoms with van der Waals surface area (Å²) in [5, 5.41) is 4.60. The van der Waals surface area contributed by atoms with Crippen molar-refractivity contribution in [2.24, 2.45) is 0 Å². The SMILES string of the molecule is c1ccc(-c2ccccc2N(c2ccccc2)c2ccc(-c3ccc(N(c4ccccc4)c4ccc5c(c4)oc4ccccc45)c4ccccc34)cc2)cc1. The van der Waals surface area contributed by atoms with Crippen LogP contribution < -0.4 is 9.80 Å². The minimum absolute atomic E-state index is 0.872. The summed E-state index contributed by atoms with van der Waals surface area (Å²) in [6.07, 6.45) is 0. The first-order chi connectivity index (χ1) is 27.3. The van der Waals surface area contributed by atoms with Crippen LogP contribution in [0.3, 0.4) is 0 Å². The molecule has 1 aromatic heterocycles. The molecule has 3 heteroatoms. The van der Waals surface area contributed by atoms with Crippen LogP contribution in [0, 0.1) is 0 Å². The molecule has 9 aromatic carbocycles. The summed E-state index contributed by atoms with van der Waals surface area (Å²) >= 11 is 0. The fraction of sp³-hybridized carbons (Fsp3) is 0. The number of nitrogens with zero attached hydrogens (tertiary/aromatic N) is 2. The second-order valence-electron chi connectivity index (χ2n) is 13.7. The van der Waals surface area contributed by atoms with Gasteiger partial charge >= 0.3 is 0 Å². The molecule has 0 saturated carbocycles. The lowest BCUT2D eigenvalue weighted by Crippen LogP contribution is -2.11. The highest BCUT2D eigenvalue weighted by Gasteiger charge is 2.20. The molecule has 0 aliphatic rings. The molecule has 0 radical (unpaired) electrons. The number of furan rings is 1. The average molecular weight is 705 g/mol. The summed E-state index contributed by atoms with van der Waals surface area (Å²) in [6, 6.07) is 77.5. The Morgan fingerprint density at radius 2 is 0.782 bits per heavy atom. The zero-order chi connectivity index (χ0) is 36.6. The van der Waals surface area contributed by atoms with Crippen LogP contribution >= 0.6 is 0 Å². The van der Waals surface area contributed by atoms with Gasteiger partial charge in [0.2, 0.25) is 0 Å². The molecule has 0 amide bonds. The monoisotopic (exact) mass is 704 g/mol. The predicted octanol–water partition coefficient (Wildman–Crippen LogP) is 15.0. The molecule has 0 bridgehead atoms. The standard InChI is InChI=1S/C52H36N2O/c1-4-16-37(17-5-1)44-22-12-14-26-49(44)53(39-18-6-2-7-19-39)41-30-28-38(29-31-41)43-34-35-50(46-24-11-10-23-45(43)46)54(40-20-8-3-9-21-40)42-32-33-48-47-25-13-15-27-51(47)55-52(48)36-42/h1-36H. The summed E-state index contributed by atoms with van der Waals surface area (Å²) < 4.78 is 6.36. The van der Waals surface area contributed by atoms with Crippen molar-refractivity contribution in [2.75, 3.05) is 9.80 Å². The van der Waals surface area contributed by atoms with Crippen molar-refractivity contribution in [3.05, 3.63) is 218 Å². The number of hydrogen-bond donors (Lipinski definition) is 0. The largest absolute Gasteiger partial charge is 0.456 e. The zero-order valence-electron chi connectivity index (χ0n) is 30.1. The minimum atomic E-state index is 0.872. The normalized spacial score (nSPS) is 11.3. The molecule has 10 rings (SSSR count). The van der Waals surface area contributed by atoms with Crippen LogP contribution in [-0.2, 0) is 0 Å². The maximum Gasteiger partial charge on any atom is 0.137 e. The lowest BCUT2D eigenvalue weighted by atomic mass is 9.95. The molecule has 260 valence electrons. The molecule has 0 aliphatic heterocycles. The van der Waals surface area contributed by atoms with Crippen LogP contribution in [0.5, 0.6) is 0 Å². The number of hydrogen-bond acceptors (Lipinski definition) is 3. The molecular formula is C52H36N2O. The molecular weight excluding hydrogens is 669 g/mol. The fourth-order valence-corrected chi connectivity index (χ4v) is 7.91. The molecule has 0 spiro atoms. The third kappa shape index (κ3) is 5.89. The highest BCUT2D eigenvalue weighted by atomic mass is 16.3. The van der Waals surface area contributed by atoms with E-state index in [1.54, 1.807) is 0 Å². The van der Waals surface area contributed by atoms with E-state index >= 15 is 0 Å². The van der Waals surface area contributed by atoms with Gasteiger partial charge in [0, 0.05) is 50.5 Å². The van der Waals surface area contributed by atoms with Gasteiger partial charge in [-0.25, -0.2) is 0 Å². The second-order valence-corrected chi connectivity index (χ2v) is 13.7. The minimum Gasteiger partial charge on any atom is -0.456 e. The number of benzene rings is 9. The maximum absolute atomic E-state index is 6.36. The summed E-state index contributed by atoms with van der Waals surface area (Å²) in [5.74, 6) is 0. The number of anilines is 6. The van der Waals surface area contributed by atoms with Crippen LogP contribution in [0.2, 0.25) is 0 Å². The average Bonchev–Trinajstić information content (AvgIpc) is 3.64. The Morgan fingerprint density at radius 1 is 0.273 bits per heavy atom. The lowest BCUT2D eigenvalue weighted by Gasteiger charge is -2.28. The Morgan fingerprint density at radius 3 is 1.51 bits per heavy atom. The first-order valence-corrected chi connectivity index (χ1v) is 18.7. The maximum atomic E-state index is 6.36. The van der Waals surface area contributed by atoms with Crippen molar-refractivity contribution in [1.29, 1.82) is 0 Å². The van der Waals surface area contributed by atoms with Gasteiger partial charge in [-0.2, -0.15) is 0 Å². The highest BCUT2D eigenvalue weighted by Crippen LogP contribution is 2.45. The molecule has 0 atom stereocenters. The second kappa shape index (κ2) is 13.9. The van der Waals surface area contributed by atoms with Crippen molar-refractivity contribution in [3.8, 4) is 22.3 Å². The first kappa shape index (κ1) is 32.3. The molecule has 3 nitrogen and oxygen atoms in total. The molecule has 1 heterocycles. The van der Waals surface area contributed by atoms with Crippen LogP contribution in [-0.4, -0.2) is 0 Å². The number of rotatable bonds is 8. The van der Waals surface area contributed by atoms with E-state index in [0.29, 0.717) is 0 Å². The van der Waals surface area contributed by atoms with Gasteiger partial charge in [-0.05, 0) is 88.8 Å². The number of fused-ring (bicyclic) bond motifs is 4. The lowest BCUT2D eigenvalue weighted by molar-refractivity contribution is 0.669. The van der Waals surface area contributed by atoms with Crippen molar-refractivity contribution >= 4 is 66.8 Å². The van der Waals surface area contributed by atoms with E-state index in [1.807, 2.05) is 12.1 Å². The van der Waals surface area contributed by atoms with Gasteiger partial charge in [-0.1, -0.05) is 146 Å². The van der Waals surface area contributed by atoms with E-state index in [9.17, 15) is 0 Å². The van der Waals surface area contributed by atoms with Crippen molar-refractivity contribution in [1.82, 2.24) is 0 Å². The van der Waals surface area contributed by atoms with Crippen LogP contribution in [0.4, 0.5) is 34.1 Å². The third-order valence-electron chi connectivity index (χ3n) is 10.5. The molecule has 0 saturated heterocycles. The molecule has 10 aromatic rings. The third-order valence-corrected chi connectivity index (χ3v) is 10.5. The molecule has 0 fully saturated rings. The van der Waals surface area contributed by atoms with Gasteiger partial charge in [-0.3, -0.25) is 0 Å². The Balaban J connectivity index is 1.08. The predicted molar refractivity (Wildman–Crippen MR) is 231 cm³/mol. The molecule has 0 N–H and O–H groups in total. The topological polar surface area (TPSA) is 19.6 Å². The van der Waals surface area contributed by atoms with Gasteiger partial charge in [0.1, 0.15) is 11.2 Å². The summed E-state index contributed by atoms with van der Waals surface area (Å²) in [6.45, 7) is 0. The van der Waals surface area contributed by atoms with E-state index in [1.165, 1.54) is 27.5 Å². The Kier molecular flexibility index (Phi) is 8.16. The van der Waals surface area contributed by atoms with E-state index in [2.05, 4.69) is 216 Å². The smallest absolute Gasteiger partial charge is 0.137 e. The van der Waals surface area contributed by atoms with Crippen molar-refractivity contribution in [3.63, 3.8) is 0 Å². The van der Waals surface area contributed by atoms with Gasteiger partial charge in [0.15, 0.2) is 0 Å². The molecule has 0 unspecified atom stereocenters. The van der Waals surface area contributed by atoms with Crippen LogP contribution in [0.1, 0.15) is 0 Å². The zero-order valence-corrected chi connectivity index (χ0v) is 30.1. The van der Waals surface area contributed by atoms with E-state index < -0.39 is 0 Å². The summed E-state index contributed by atoms with van der Waals surface area (Å²) in [5.41, 5.74) is 13.0.